The molecule has 1 saturated carbocycles. The summed E-state index contributed by atoms with van der Waals surface area (Å²) in [4.78, 5) is 0. The van der Waals surface area contributed by atoms with Crippen LogP contribution in [0.3, 0.4) is 0 Å². The van der Waals surface area contributed by atoms with Crippen LogP contribution >= 0.6 is 0 Å². The summed E-state index contributed by atoms with van der Waals surface area (Å²) in [6.07, 6.45) is 5.79. The molecule has 0 radical (unpaired) electrons. The highest BCUT2D eigenvalue weighted by molar-refractivity contribution is 7.87. The highest BCUT2D eigenvalue weighted by Crippen LogP contribution is 2.18. The molecule has 5 nitrogen and oxygen atoms in total. The van der Waals surface area contributed by atoms with Gasteiger partial charge in [-0.3, -0.25) is 0 Å². The van der Waals surface area contributed by atoms with Crippen LogP contribution in [0.5, 0.6) is 0 Å². The third kappa shape index (κ3) is 4.54. The van der Waals surface area contributed by atoms with Gasteiger partial charge in [-0.25, -0.2) is 0 Å². The molecule has 1 aliphatic rings. The molecule has 0 aromatic heterocycles. The monoisotopic (exact) mass is 263 g/mol. The summed E-state index contributed by atoms with van der Waals surface area (Å²) in [5.41, 5.74) is 5.94. The maximum atomic E-state index is 12.0. The Bertz CT molecular complexity index is 319. The van der Waals surface area contributed by atoms with Crippen LogP contribution in [0.25, 0.3) is 0 Å². The smallest absolute Gasteiger partial charge is 0.279 e. The van der Waals surface area contributed by atoms with Gasteiger partial charge in [0, 0.05) is 25.7 Å². The molecule has 1 fully saturated rings. The zero-order valence-corrected chi connectivity index (χ0v) is 11.7. The first-order valence-electron chi connectivity index (χ1n) is 6.46. The van der Waals surface area contributed by atoms with Crippen LogP contribution in [0, 0.1) is 0 Å². The number of nitrogens with zero attached hydrogens (tertiary/aromatic N) is 1. The second-order valence-electron chi connectivity index (χ2n) is 4.85. The van der Waals surface area contributed by atoms with Crippen LogP contribution in [0.15, 0.2) is 0 Å². The largest absolute Gasteiger partial charge is 0.326 e. The van der Waals surface area contributed by atoms with E-state index in [2.05, 4.69) is 4.72 Å². The molecule has 102 valence electrons. The molecule has 2 unspecified atom stereocenters. The van der Waals surface area contributed by atoms with Crippen molar-refractivity contribution in [3.05, 3.63) is 0 Å². The number of nitrogens with one attached hydrogen (secondary N) is 1. The van der Waals surface area contributed by atoms with Crippen molar-refractivity contribution in [2.75, 3.05) is 13.6 Å². The first-order valence-corrected chi connectivity index (χ1v) is 7.90. The average molecular weight is 263 g/mol. The summed E-state index contributed by atoms with van der Waals surface area (Å²) in [5.74, 6) is 0. The van der Waals surface area contributed by atoms with Gasteiger partial charge in [0.15, 0.2) is 0 Å². The van der Waals surface area contributed by atoms with Crippen molar-refractivity contribution in [1.29, 1.82) is 0 Å². The van der Waals surface area contributed by atoms with E-state index in [0.717, 1.165) is 38.5 Å². The van der Waals surface area contributed by atoms with Gasteiger partial charge in [0.25, 0.3) is 10.2 Å². The van der Waals surface area contributed by atoms with Crippen molar-refractivity contribution >= 4 is 10.2 Å². The summed E-state index contributed by atoms with van der Waals surface area (Å²) in [6, 6.07) is -0.143. The number of rotatable bonds is 6. The minimum absolute atomic E-state index is 0.0434. The van der Waals surface area contributed by atoms with E-state index in [1.165, 1.54) is 4.31 Å². The fourth-order valence-corrected chi connectivity index (χ4v) is 3.31. The normalized spacial score (nSPS) is 26.4. The van der Waals surface area contributed by atoms with Crippen molar-refractivity contribution in [3.63, 3.8) is 0 Å². The maximum absolute atomic E-state index is 12.0. The number of nitrogens with two attached hydrogens (primary N) is 1. The van der Waals surface area contributed by atoms with Crippen LogP contribution in [0.4, 0.5) is 0 Å². The molecule has 6 heteroatoms. The van der Waals surface area contributed by atoms with Gasteiger partial charge in [0.1, 0.15) is 0 Å². The standard InChI is InChI=1S/C11H25N3O2S/c1-3-4-9-14(2)17(15,16)13-11-8-6-5-7-10(11)12/h10-11,13H,3-9,12H2,1-2H3. The van der Waals surface area contributed by atoms with Crippen molar-refractivity contribution in [3.8, 4) is 0 Å². The van der Waals surface area contributed by atoms with E-state index in [0.29, 0.717) is 6.54 Å². The Balaban J connectivity index is 2.52. The predicted molar refractivity (Wildman–Crippen MR) is 69.8 cm³/mol. The Morgan fingerprint density at radius 3 is 2.59 bits per heavy atom. The van der Waals surface area contributed by atoms with Crippen molar-refractivity contribution < 1.29 is 8.42 Å². The van der Waals surface area contributed by atoms with Crippen LogP contribution in [-0.2, 0) is 10.2 Å². The lowest BCUT2D eigenvalue weighted by Gasteiger charge is -2.30. The minimum atomic E-state index is -3.36. The zero-order chi connectivity index (χ0) is 12.9. The van der Waals surface area contributed by atoms with Crippen molar-refractivity contribution in [2.45, 2.75) is 57.5 Å². The predicted octanol–water partition coefficient (Wildman–Crippen LogP) is 0.823. The molecule has 0 aromatic carbocycles. The topological polar surface area (TPSA) is 75.4 Å². The van der Waals surface area contributed by atoms with E-state index in [4.69, 9.17) is 5.73 Å². The van der Waals surface area contributed by atoms with E-state index < -0.39 is 10.2 Å². The molecule has 0 amide bonds. The van der Waals surface area contributed by atoms with E-state index in [1.54, 1.807) is 7.05 Å². The highest BCUT2D eigenvalue weighted by atomic mass is 32.2. The first kappa shape index (κ1) is 14.9. The molecule has 0 spiro atoms. The molecule has 0 aliphatic heterocycles. The van der Waals surface area contributed by atoms with Gasteiger partial charge in [-0.15, -0.1) is 0 Å². The van der Waals surface area contributed by atoms with Gasteiger partial charge in [-0.2, -0.15) is 17.4 Å². The SMILES string of the molecule is CCCCN(C)S(=O)(=O)NC1CCCCC1N. The van der Waals surface area contributed by atoms with Gasteiger partial charge in [-0.05, 0) is 19.3 Å². The summed E-state index contributed by atoms with van der Waals surface area (Å²) >= 11 is 0. The van der Waals surface area contributed by atoms with Gasteiger partial charge >= 0.3 is 0 Å². The summed E-state index contributed by atoms with van der Waals surface area (Å²) in [5, 5.41) is 0. The third-order valence-corrected chi connectivity index (χ3v) is 4.96. The fraction of sp³-hybridized carbons (Fsp3) is 1.00. The van der Waals surface area contributed by atoms with Crippen LogP contribution in [-0.4, -0.2) is 38.4 Å². The van der Waals surface area contributed by atoms with E-state index in [9.17, 15) is 8.42 Å². The number of unbranched alkanes of at least 4 members (excludes halogenated alkanes) is 1. The van der Waals surface area contributed by atoms with E-state index in [-0.39, 0.29) is 12.1 Å². The molecule has 0 saturated heterocycles. The van der Waals surface area contributed by atoms with Gasteiger partial charge in [0.2, 0.25) is 0 Å². The summed E-state index contributed by atoms with van der Waals surface area (Å²) in [6.45, 7) is 2.61. The Labute approximate surface area is 105 Å². The second-order valence-corrected chi connectivity index (χ2v) is 6.66. The zero-order valence-electron chi connectivity index (χ0n) is 10.9. The van der Waals surface area contributed by atoms with Gasteiger partial charge < -0.3 is 5.73 Å². The lowest BCUT2D eigenvalue weighted by molar-refractivity contribution is 0.349. The van der Waals surface area contributed by atoms with Crippen molar-refractivity contribution in [1.82, 2.24) is 9.03 Å². The Morgan fingerprint density at radius 2 is 2.00 bits per heavy atom. The van der Waals surface area contributed by atoms with E-state index in [1.807, 2.05) is 6.92 Å². The molecule has 0 bridgehead atoms. The summed E-state index contributed by atoms with van der Waals surface area (Å²) in [7, 11) is -1.74. The van der Waals surface area contributed by atoms with Crippen LogP contribution in [0.2, 0.25) is 0 Å². The lowest BCUT2D eigenvalue weighted by Crippen LogP contribution is -2.52. The Hall–Kier alpha value is -0.170. The van der Waals surface area contributed by atoms with Crippen LogP contribution < -0.4 is 10.5 Å². The fourth-order valence-electron chi connectivity index (χ4n) is 2.09. The lowest BCUT2D eigenvalue weighted by atomic mass is 9.92. The third-order valence-electron chi connectivity index (χ3n) is 3.36. The molecule has 17 heavy (non-hydrogen) atoms. The Morgan fingerprint density at radius 1 is 1.35 bits per heavy atom. The summed E-state index contributed by atoms with van der Waals surface area (Å²) < 4.78 is 28.1. The molecule has 0 aromatic rings. The number of hydrogen-bond acceptors (Lipinski definition) is 3. The van der Waals surface area contributed by atoms with Crippen LogP contribution in [0.1, 0.15) is 45.4 Å². The quantitative estimate of drug-likeness (QED) is 0.745. The molecule has 1 rings (SSSR count). The minimum Gasteiger partial charge on any atom is -0.326 e. The van der Waals surface area contributed by atoms with E-state index >= 15 is 0 Å². The number of hydrogen-bond donors (Lipinski definition) is 2. The molecule has 2 atom stereocenters. The van der Waals surface area contributed by atoms with Gasteiger partial charge in [-0.1, -0.05) is 26.2 Å². The molecule has 1 aliphatic carbocycles. The first-order chi connectivity index (χ1) is 7.97. The molecular formula is C11H25N3O2S. The highest BCUT2D eigenvalue weighted by Gasteiger charge is 2.28. The van der Waals surface area contributed by atoms with Gasteiger partial charge in [0.05, 0.1) is 0 Å². The second kappa shape index (κ2) is 6.68. The Kier molecular flexibility index (Phi) is 5.85. The maximum Gasteiger partial charge on any atom is 0.279 e. The average Bonchev–Trinajstić information content (AvgIpc) is 2.28. The molecule has 3 N–H and O–H groups in total. The molecular weight excluding hydrogens is 238 g/mol. The van der Waals surface area contributed by atoms with Crippen molar-refractivity contribution in [2.24, 2.45) is 5.73 Å². The molecule has 0 heterocycles.